The van der Waals surface area contributed by atoms with Gasteiger partial charge in [0.15, 0.2) is 12.6 Å². The van der Waals surface area contributed by atoms with Crippen LogP contribution in [0.5, 0.6) is 0 Å². The standard InChI is InChI=1S/C20H27FO4/c1-2-3-4-15-11-22-19(23-12-15)10-5-16-13-24-20(25-14-16)17-6-8-18(21)9-7-17/h3-4,6-9,15-16,19-20H,2,5,10-14H2,1H3/b4-3+/t15?,16-,19?,20-. The summed E-state index contributed by atoms with van der Waals surface area (Å²) in [6.45, 7) is 4.85. The van der Waals surface area contributed by atoms with E-state index >= 15 is 0 Å². The molecule has 0 saturated carbocycles. The van der Waals surface area contributed by atoms with Gasteiger partial charge in [0.1, 0.15) is 5.82 Å². The van der Waals surface area contributed by atoms with Crippen molar-refractivity contribution in [3.8, 4) is 0 Å². The lowest BCUT2D eigenvalue weighted by atomic mass is 10.0. The second-order valence-corrected chi connectivity index (χ2v) is 6.69. The minimum Gasteiger partial charge on any atom is -0.352 e. The molecule has 4 nitrogen and oxygen atoms in total. The van der Waals surface area contributed by atoms with E-state index in [-0.39, 0.29) is 12.1 Å². The average Bonchev–Trinajstić information content (AvgIpc) is 2.67. The second kappa shape index (κ2) is 9.43. The Labute approximate surface area is 148 Å². The first kappa shape index (κ1) is 18.5. The van der Waals surface area contributed by atoms with Gasteiger partial charge in [-0.25, -0.2) is 4.39 Å². The van der Waals surface area contributed by atoms with Gasteiger partial charge in [-0.2, -0.15) is 0 Å². The van der Waals surface area contributed by atoms with Crippen LogP contribution in [0.1, 0.15) is 38.0 Å². The molecule has 2 aliphatic rings. The molecule has 2 fully saturated rings. The third-order valence-electron chi connectivity index (χ3n) is 4.56. The van der Waals surface area contributed by atoms with Crippen molar-refractivity contribution in [3.05, 3.63) is 47.8 Å². The molecular weight excluding hydrogens is 323 g/mol. The summed E-state index contributed by atoms with van der Waals surface area (Å²) in [5.41, 5.74) is 0.852. The van der Waals surface area contributed by atoms with E-state index in [1.807, 2.05) is 0 Å². The molecule has 0 bridgehead atoms. The summed E-state index contributed by atoms with van der Waals surface area (Å²) >= 11 is 0. The van der Waals surface area contributed by atoms with Crippen molar-refractivity contribution in [1.82, 2.24) is 0 Å². The SMILES string of the molecule is CC/C=C/C1COC(CC[C@H]2CO[C@H](c3ccc(F)cc3)OC2)OC1. The van der Waals surface area contributed by atoms with Crippen molar-refractivity contribution in [2.45, 2.75) is 38.8 Å². The highest BCUT2D eigenvalue weighted by Gasteiger charge is 2.26. The maximum absolute atomic E-state index is 13.0. The zero-order valence-electron chi connectivity index (χ0n) is 14.7. The van der Waals surface area contributed by atoms with E-state index in [0.717, 1.165) is 38.0 Å². The van der Waals surface area contributed by atoms with Crippen LogP contribution in [0.25, 0.3) is 0 Å². The van der Waals surface area contributed by atoms with Gasteiger partial charge in [0.2, 0.25) is 0 Å². The molecule has 2 saturated heterocycles. The summed E-state index contributed by atoms with van der Waals surface area (Å²) in [6, 6.07) is 6.25. The van der Waals surface area contributed by atoms with Crippen LogP contribution in [-0.4, -0.2) is 32.7 Å². The van der Waals surface area contributed by atoms with E-state index in [2.05, 4.69) is 19.1 Å². The zero-order chi connectivity index (χ0) is 17.5. The Morgan fingerprint density at radius 2 is 1.64 bits per heavy atom. The highest BCUT2D eigenvalue weighted by molar-refractivity contribution is 5.17. The molecule has 138 valence electrons. The van der Waals surface area contributed by atoms with E-state index in [4.69, 9.17) is 18.9 Å². The number of allylic oxidation sites excluding steroid dienone is 1. The summed E-state index contributed by atoms with van der Waals surface area (Å²) in [4.78, 5) is 0. The quantitative estimate of drug-likeness (QED) is 0.720. The lowest BCUT2D eigenvalue weighted by molar-refractivity contribution is -0.217. The lowest BCUT2D eigenvalue weighted by Crippen LogP contribution is -2.33. The van der Waals surface area contributed by atoms with Crippen molar-refractivity contribution in [3.63, 3.8) is 0 Å². The summed E-state index contributed by atoms with van der Waals surface area (Å²) in [6.07, 6.45) is 6.64. The van der Waals surface area contributed by atoms with Crippen LogP contribution in [0.15, 0.2) is 36.4 Å². The predicted octanol–water partition coefficient (Wildman–Crippen LogP) is 4.22. The van der Waals surface area contributed by atoms with Gasteiger partial charge in [-0.1, -0.05) is 31.2 Å². The van der Waals surface area contributed by atoms with Crippen molar-refractivity contribution in [2.24, 2.45) is 11.8 Å². The largest absolute Gasteiger partial charge is 0.352 e. The molecule has 25 heavy (non-hydrogen) atoms. The molecule has 3 rings (SSSR count). The molecular formula is C20H27FO4. The lowest BCUT2D eigenvalue weighted by Gasteiger charge is -2.32. The first-order valence-corrected chi connectivity index (χ1v) is 9.13. The highest BCUT2D eigenvalue weighted by Crippen LogP contribution is 2.28. The van der Waals surface area contributed by atoms with E-state index < -0.39 is 6.29 Å². The summed E-state index contributed by atoms with van der Waals surface area (Å²) in [5, 5.41) is 0. The van der Waals surface area contributed by atoms with Crippen LogP contribution in [0.3, 0.4) is 0 Å². The van der Waals surface area contributed by atoms with Crippen LogP contribution in [-0.2, 0) is 18.9 Å². The molecule has 0 amide bonds. The van der Waals surface area contributed by atoms with Gasteiger partial charge in [0, 0.05) is 17.4 Å². The first-order valence-electron chi connectivity index (χ1n) is 9.13. The molecule has 1 aromatic rings. The van der Waals surface area contributed by atoms with Crippen molar-refractivity contribution in [2.75, 3.05) is 26.4 Å². The van der Waals surface area contributed by atoms with E-state index in [9.17, 15) is 4.39 Å². The molecule has 0 aliphatic carbocycles. The Bertz CT molecular complexity index is 529. The summed E-state index contributed by atoms with van der Waals surface area (Å²) in [7, 11) is 0. The molecule has 0 spiro atoms. The monoisotopic (exact) mass is 350 g/mol. The molecule has 0 aromatic heterocycles. The Hall–Kier alpha value is -1.27. The normalized spacial score (nSPS) is 30.6. The van der Waals surface area contributed by atoms with Crippen molar-refractivity contribution >= 4 is 0 Å². The molecule has 1 aromatic carbocycles. The van der Waals surface area contributed by atoms with Crippen LogP contribution in [0.4, 0.5) is 4.39 Å². The number of hydrogen-bond donors (Lipinski definition) is 0. The van der Waals surface area contributed by atoms with E-state index in [1.54, 1.807) is 12.1 Å². The van der Waals surface area contributed by atoms with Gasteiger partial charge >= 0.3 is 0 Å². The fourth-order valence-corrected chi connectivity index (χ4v) is 3.06. The minimum absolute atomic E-state index is 0.124. The van der Waals surface area contributed by atoms with Gasteiger partial charge < -0.3 is 18.9 Å². The predicted molar refractivity (Wildman–Crippen MR) is 92.4 cm³/mol. The van der Waals surface area contributed by atoms with Gasteiger partial charge in [-0.3, -0.25) is 0 Å². The molecule has 0 N–H and O–H groups in total. The number of benzene rings is 1. The first-order chi connectivity index (χ1) is 12.2. The maximum atomic E-state index is 13.0. The Morgan fingerprint density at radius 1 is 0.960 bits per heavy atom. The summed E-state index contributed by atoms with van der Waals surface area (Å²) < 4.78 is 36.1. The number of hydrogen-bond acceptors (Lipinski definition) is 4. The number of rotatable bonds is 6. The number of ether oxygens (including phenoxy) is 4. The maximum Gasteiger partial charge on any atom is 0.183 e. The van der Waals surface area contributed by atoms with Crippen LogP contribution in [0, 0.1) is 17.7 Å². The number of halogens is 1. The molecule has 5 heteroatoms. The topological polar surface area (TPSA) is 36.9 Å². The molecule has 0 unspecified atom stereocenters. The zero-order valence-corrected chi connectivity index (χ0v) is 14.7. The van der Waals surface area contributed by atoms with E-state index in [0.29, 0.717) is 25.0 Å². The smallest absolute Gasteiger partial charge is 0.183 e. The van der Waals surface area contributed by atoms with Gasteiger partial charge in [0.05, 0.1) is 26.4 Å². The summed E-state index contributed by atoms with van der Waals surface area (Å²) in [5.74, 6) is 0.452. The van der Waals surface area contributed by atoms with Crippen LogP contribution in [0.2, 0.25) is 0 Å². The second-order valence-electron chi connectivity index (χ2n) is 6.69. The molecule has 2 aliphatic heterocycles. The van der Waals surface area contributed by atoms with Gasteiger partial charge in [0.25, 0.3) is 0 Å². The molecule has 0 atom stereocenters. The molecule has 0 radical (unpaired) electrons. The highest BCUT2D eigenvalue weighted by atomic mass is 19.1. The van der Waals surface area contributed by atoms with Gasteiger partial charge in [-0.15, -0.1) is 0 Å². The average molecular weight is 350 g/mol. The van der Waals surface area contributed by atoms with Crippen molar-refractivity contribution < 1.29 is 23.3 Å². The van der Waals surface area contributed by atoms with E-state index in [1.165, 1.54) is 12.1 Å². The fourth-order valence-electron chi connectivity index (χ4n) is 3.06. The molecule has 2 heterocycles. The minimum atomic E-state index is -0.398. The van der Waals surface area contributed by atoms with Crippen LogP contribution < -0.4 is 0 Å². The van der Waals surface area contributed by atoms with Crippen LogP contribution >= 0.6 is 0 Å². The third kappa shape index (κ3) is 5.61. The fraction of sp³-hybridized carbons (Fsp3) is 0.600. The van der Waals surface area contributed by atoms with Gasteiger partial charge in [-0.05, 0) is 31.4 Å². The Morgan fingerprint density at radius 3 is 2.28 bits per heavy atom. The van der Waals surface area contributed by atoms with Crippen molar-refractivity contribution in [1.29, 1.82) is 0 Å². The third-order valence-corrected chi connectivity index (χ3v) is 4.56. The Balaban J connectivity index is 1.34. The Kier molecular flexibility index (Phi) is 6.99.